The summed E-state index contributed by atoms with van der Waals surface area (Å²) in [5.41, 5.74) is 8.40. The molecule has 0 bridgehead atoms. The molecule has 0 spiro atoms. The number of carbonyl (C=O) groups excluding carboxylic acids is 2. The third-order valence-electron chi connectivity index (χ3n) is 5.32. The molecule has 0 saturated carbocycles. The second kappa shape index (κ2) is 12.6. The van der Waals surface area contributed by atoms with Crippen molar-refractivity contribution in [2.24, 2.45) is 0 Å². The first kappa shape index (κ1) is 25.0. The van der Waals surface area contributed by atoms with Gasteiger partial charge in [0.15, 0.2) is 6.61 Å². The second-order valence-electron chi connectivity index (χ2n) is 7.91. The van der Waals surface area contributed by atoms with Gasteiger partial charge in [-0.05, 0) is 47.0 Å². The van der Waals surface area contributed by atoms with E-state index >= 15 is 0 Å². The van der Waals surface area contributed by atoms with Gasteiger partial charge in [-0.15, -0.1) is 0 Å². The highest BCUT2D eigenvalue weighted by Crippen LogP contribution is 2.24. The highest BCUT2D eigenvalue weighted by Gasteiger charge is 2.15. The maximum absolute atomic E-state index is 12.7. The van der Waals surface area contributed by atoms with Crippen molar-refractivity contribution in [3.05, 3.63) is 119 Å². The number of benzene rings is 4. The van der Waals surface area contributed by atoms with Crippen LogP contribution in [0.4, 0.5) is 0 Å². The van der Waals surface area contributed by atoms with Gasteiger partial charge in [-0.2, -0.15) is 0 Å². The molecule has 0 atom stereocenters. The zero-order valence-corrected chi connectivity index (χ0v) is 21.0. The Kier molecular flexibility index (Phi) is 8.72. The first-order chi connectivity index (χ1) is 17.6. The van der Waals surface area contributed by atoms with Crippen molar-refractivity contribution in [2.75, 3.05) is 13.2 Å². The van der Waals surface area contributed by atoms with E-state index in [0.717, 1.165) is 21.2 Å². The lowest BCUT2D eigenvalue weighted by Crippen LogP contribution is -2.44. The molecule has 4 aromatic carbocycles. The highest BCUT2D eigenvalue weighted by atomic mass is 79.9. The van der Waals surface area contributed by atoms with Crippen LogP contribution in [-0.2, 0) is 11.2 Å². The first-order valence-electron chi connectivity index (χ1n) is 11.4. The van der Waals surface area contributed by atoms with Gasteiger partial charge in [0.25, 0.3) is 11.8 Å². The fourth-order valence-electron chi connectivity index (χ4n) is 3.48. The second-order valence-corrected chi connectivity index (χ2v) is 8.82. The van der Waals surface area contributed by atoms with Gasteiger partial charge < -0.3 is 9.47 Å². The van der Waals surface area contributed by atoms with Crippen molar-refractivity contribution in [1.82, 2.24) is 10.9 Å². The van der Waals surface area contributed by atoms with E-state index in [1.54, 1.807) is 30.3 Å². The Hall–Kier alpha value is -4.10. The van der Waals surface area contributed by atoms with Crippen LogP contribution in [0.25, 0.3) is 11.1 Å². The summed E-state index contributed by atoms with van der Waals surface area (Å²) in [5.74, 6) is -0.00325. The lowest BCUT2D eigenvalue weighted by molar-refractivity contribution is -0.123. The van der Waals surface area contributed by atoms with Crippen LogP contribution < -0.4 is 20.3 Å². The standard InChI is InChI=1S/C29H25BrN2O4/c30-24-13-16-27(35-18-17-21-7-3-1-4-8-21)26(19-24)29(34)32-31-28(33)20-36-25-14-11-23(12-15-25)22-9-5-2-6-10-22/h1-16,19H,17-18,20H2,(H,31,33)(H,32,34). The number of carbonyl (C=O) groups is 2. The smallest absolute Gasteiger partial charge is 0.276 e. The van der Waals surface area contributed by atoms with Crippen LogP contribution in [0, 0.1) is 0 Å². The Balaban J connectivity index is 1.26. The fourth-order valence-corrected chi connectivity index (χ4v) is 3.84. The quantitative estimate of drug-likeness (QED) is 0.270. The van der Waals surface area contributed by atoms with Gasteiger partial charge in [0, 0.05) is 10.9 Å². The molecule has 2 amide bonds. The van der Waals surface area contributed by atoms with Crippen LogP contribution in [0.5, 0.6) is 11.5 Å². The average Bonchev–Trinajstić information content (AvgIpc) is 2.92. The molecule has 0 heterocycles. The van der Waals surface area contributed by atoms with Crippen molar-refractivity contribution in [3.8, 4) is 22.6 Å². The molecular formula is C29H25BrN2O4. The lowest BCUT2D eigenvalue weighted by Gasteiger charge is -2.13. The number of hydrazine groups is 1. The van der Waals surface area contributed by atoms with E-state index in [1.165, 1.54) is 0 Å². The molecule has 182 valence electrons. The lowest BCUT2D eigenvalue weighted by atomic mass is 10.1. The predicted octanol–water partition coefficient (Wildman–Crippen LogP) is 5.58. The van der Waals surface area contributed by atoms with Gasteiger partial charge in [0.1, 0.15) is 11.5 Å². The minimum Gasteiger partial charge on any atom is -0.492 e. The van der Waals surface area contributed by atoms with Crippen LogP contribution >= 0.6 is 15.9 Å². The largest absolute Gasteiger partial charge is 0.492 e. The fraction of sp³-hybridized carbons (Fsp3) is 0.103. The molecule has 0 aliphatic carbocycles. The molecule has 0 aromatic heterocycles. The zero-order valence-electron chi connectivity index (χ0n) is 19.4. The van der Waals surface area contributed by atoms with E-state index < -0.39 is 11.8 Å². The van der Waals surface area contributed by atoms with Gasteiger partial charge in [0.2, 0.25) is 0 Å². The summed E-state index contributed by atoms with van der Waals surface area (Å²) < 4.78 is 12.1. The van der Waals surface area contributed by atoms with E-state index in [1.807, 2.05) is 72.8 Å². The summed E-state index contributed by atoms with van der Waals surface area (Å²) in [6.45, 7) is 0.166. The Labute approximate surface area is 218 Å². The molecule has 0 fully saturated rings. The van der Waals surface area contributed by atoms with Gasteiger partial charge in [0.05, 0.1) is 12.2 Å². The van der Waals surface area contributed by atoms with E-state index in [4.69, 9.17) is 9.47 Å². The monoisotopic (exact) mass is 544 g/mol. The van der Waals surface area contributed by atoms with E-state index in [2.05, 4.69) is 26.8 Å². The van der Waals surface area contributed by atoms with Crippen LogP contribution in [0.3, 0.4) is 0 Å². The van der Waals surface area contributed by atoms with Crippen LogP contribution in [0.2, 0.25) is 0 Å². The molecule has 0 saturated heterocycles. The third-order valence-corrected chi connectivity index (χ3v) is 5.82. The molecule has 0 aliphatic heterocycles. The molecule has 0 aliphatic rings. The van der Waals surface area contributed by atoms with Gasteiger partial charge in [-0.1, -0.05) is 88.7 Å². The molecule has 4 rings (SSSR count). The summed E-state index contributed by atoms with van der Waals surface area (Å²) in [5, 5.41) is 0. The number of amides is 2. The molecular weight excluding hydrogens is 520 g/mol. The summed E-state index contributed by atoms with van der Waals surface area (Å²) in [6, 6.07) is 32.5. The molecule has 0 radical (unpaired) electrons. The number of halogens is 1. The molecule has 2 N–H and O–H groups in total. The van der Waals surface area contributed by atoms with Gasteiger partial charge in [-0.25, -0.2) is 0 Å². The van der Waals surface area contributed by atoms with Crippen LogP contribution in [0.15, 0.2) is 108 Å². The molecule has 0 unspecified atom stereocenters. The molecule has 7 heteroatoms. The maximum Gasteiger partial charge on any atom is 0.276 e. The summed E-state index contributed by atoms with van der Waals surface area (Å²) in [7, 11) is 0. The third kappa shape index (κ3) is 7.20. The van der Waals surface area contributed by atoms with Crippen molar-refractivity contribution in [2.45, 2.75) is 6.42 Å². The number of hydrogen-bond acceptors (Lipinski definition) is 4. The Morgan fingerprint density at radius 1 is 0.722 bits per heavy atom. The van der Waals surface area contributed by atoms with E-state index in [9.17, 15) is 9.59 Å². The number of nitrogens with one attached hydrogen (secondary N) is 2. The first-order valence-corrected chi connectivity index (χ1v) is 12.2. The minimum absolute atomic E-state index is 0.246. The van der Waals surface area contributed by atoms with Crippen LogP contribution in [-0.4, -0.2) is 25.0 Å². The summed E-state index contributed by atoms with van der Waals surface area (Å²) in [6.07, 6.45) is 0.707. The van der Waals surface area contributed by atoms with Crippen molar-refractivity contribution in [3.63, 3.8) is 0 Å². The Bertz CT molecular complexity index is 1300. The van der Waals surface area contributed by atoms with Gasteiger partial charge >= 0.3 is 0 Å². The summed E-state index contributed by atoms with van der Waals surface area (Å²) >= 11 is 3.38. The number of rotatable bonds is 9. The molecule has 4 aromatic rings. The van der Waals surface area contributed by atoms with Crippen LogP contribution in [0.1, 0.15) is 15.9 Å². The van der Waals surface area contributed by atoms with Crippen molar-refractivity contribution >= 4 is 27.7 Å². The summed E-state index contributed by atoms with van der Waals surface area (Å²) in [4.78, 5) is 25.0. The van der Waals surface area contributed by atoms with E-state index in [0.29, 0.717) is 30.1 Å². The number of ether oxygens (including phenoxy) is 2. The predicted molar refractivity (Wildman–Crippen MR) is 143 cm³/mol. The average molecular weight is 545 g/mol. The Morgan fingerprint density at radius 3 is 2.11 bits per heavy atom. The minimum atomic E-state index is -0.494. The van der Waals surface area contributed by atoms with Crippen molar-refractivity contribution < 1.29 is 19.1 Å². The van der Waals surface area contributed by atoms with E-state index in [-0.39, 0.29) is 6.61 Å². The topological polar surface area (TPSA) is 76.7 Å². The number of hydrogen-bond donors (Lipinski definition) is 2. The molecule has 36 heavy (non-hydrogen) atoms. The van der Waals surface area contributed by atoms with Gasteiger partial charge in [-0.3, -0.25) is 20.4 Å². The maximum atomic E-state index is 12.7. The highest BCUT2D eigenvalue weighted by molar-refractivity contribution is 9.10. The zero-order chi connectivity index (χ0) is 25.2. The normalized spacial score (nSPS) is 10.4. The molecule has 6 nitrogen and oxygen atoms in total. The SMILES string of the molecule is O=C(COc1ccc(-c2ccccc2)cc1)NNC(=O)c1cc(Br)ccc1OCCc1ccccc1. The van der Waals surface area contributed by atoms with Crippen molar-refractivity contribution in [1.29, 1.82) is 0 Å². The Morgan fingerprint density at radius 2 is 1.39 bits per heavy atom.